The van der Waals surface area contributed by atoms with Gasteiger partial charge in [0.15, 0.2) is 0 Å². The Balaban J connectivity index is 1.83. The highest BCUT2D eigenvalue weighted by molar-refractivity contribution is 5.76. The van der Waals surface area contributed by atoms with Crippen molar-refractivity contribution in [3.05, 3.63) is 35.4 Å². The lowest BCUT2D eigenvalue weighted by Crippen LogP contribution is -2.54. The Kier molecular flexibility index (Phi) is 5.40. The van der Waals surface area contributed by atoms with Crippen molar-refractivity contribution < 1.29 is 4.79 Å². The molecular formula is C23H35N3O. The van der Waals surface area contributed by atoms with E-state index in [1.807, 2.05) is 4.90 Å². The minimum absolute atomic E-state index is 0.0835. The molecule has 1 heterocycles. The smallest absolute Gasteiger partial charge is 0.219 e. The second kappa shape index (κ2) is 7.31. The van der Waals surface area contributed by atoms with Crippen LogP contribution in [0.5, 0.6) is 0 Å². The molecule has 0 aromatic heterocycles. The number of carbonyl (C=O) groups is 1. The van der Waals surface area contributed by atoms with Crippen molar-refractivity contribution in [3.8, 4) is 0 Å². The number of nitrogens with zero attached hydrogens (tertiary/aromatic N) is 2. The van der Waals surface area contributed by atoms with Crippen LogP contribution in [0.3, 0.4) is 0 Å². The molecule has 1 aromatic carbocycles. The maximum Gasteiger partial charge on any atom is 0.219 e. The molecule has 0 spiro atoms. The number of anilines is 1. The predicted molar refractivity (Wildman–Crippen MR) is 113 cm³/mol. The highest BCUT2D eigenvalue weighted by Crippen LogP contribution is 2.40. The van der Waals surface area contributed by atoms with Crippen LogP contribution in [0.4, 0.5) is 5.69 Å². The van der Waals surface area contributed by atoms with Gasteiger partial charge in [-0.2, -0.15) is 0 Å². The number of piperazine rings is 1. The summed E-state index contributed by atoms with van der Waals surface area (Å²) >= 11 is 0. The Morgan fingerprint density at radius 3 is 2.37 bits per heavy atom. The minimum Gasteiger partial charge on any atom is -0.398 e. The number of allylic oxidation sites excluding steroid dienone is 2. The van der Waals surface area contributed by atoms with E-state index in [4.69, 9.17) is 5.73 Å². The van der Waals surface area contributed by atoms with Crippen molar-refractivity contribution in [1.29, 1.82) is 0 Å². The molecule has 1 aliphatic heterocycles. The number of hydrogen-bond donors (Lipinski definition) is 1. The van der Waals surface area contributed by atoms with Gasteiger partial charge in [-0.25, -0.2) is 0 Å². The number of hydrogen-bond acceptors (Lipinski definition) is 3. The molecule has 3 rings (SSSR count). The largest absolute Gasteiger partial charge is 0.398 e. The van der Waals surface area contributed by atoms with Gasteiger partial charge >= 0.3 is 0 Å². The van der Waals surface area contributed by atoms with E-state index in [-0.39, 0.29) is 11.4 Å². The fourth-order valence-corrected chi connectivity index (χ4v) is 4.30. The topological polar surface area (TPSA) is 49.6 Å². The van der Waals surface area contributed by atoms with Gasteiger partial charge < -0.3 is 10.6 Å². The molecule has 27 heavy (non-hydrogen) atoms. The van der Waals surface area contributed by atoms with Crippen LogP contribution in [0.15, 0.2) is 24.3 Å². The zero-order chi connectivity index (χ0) is 19.8. The molecular weight excluding hydrogens is 334 g/mol. The summed E-state index contributed by atoms with van der Waals surface area (Å²) in [5.41, 5.74) is 11.5. The van der Waals surface area contributed by atoms with Crippen molar-refractivity contribution in [2.24, 2.45) is 5.41 Å². The van der Waals surface area contributed by atoms with E-state index in [0.29, 0.717) is 5.41 Å². The second-order valence-corrected chi connectivity index (χ2v) is 9.45. The quantitative estimate of drug-likeness (QED) is 0.810. The van der Waals surface area contributed by atoms with Crippen molar-refractivity contribution in [2.75, 3.05) is 31.9 Å². The molecule has 1 aliphatic carbocycles. The van der Waals surface area contributed by atoms with Crippen LogP contribution >= 0.6 is 0 Å². The molecule has 4 nitrogen and oxygen atoms in total. The summed E-state index contributed by atoms with van der Waals surface area (Å²) in [5, 5.41) is 0. The number of nitrogens with two attached hydrogens (primary N) is 1. The third-order valence-electron chi connectivity index (χ3n) is 6.59. The van der Waals surface area contributed by atoms with Gasteiger partial charge in [0.1, 0.15) is 0 Å². The van der Waals surface area contributed by atoms with Crippen LogP contribution in [-0.2, 0) is 10.3 Å². The van der Waals surface area contributed by atoms with E-state index in [9.17, 15) is 4.79 Å². The highest BCUT2D eigenvalue weighted by Gasteiger charge is 2.33. The van der Waals surface area contributed by atoms with Crippen LogP contribution in [-0.4, -0.2) is 41.9 Å². The van der Waals surface area contributed by atoms with Gasteiger partial charge in [-0.05, 0) is 61.8 Å². The van der Waals surface area contributed by atoms with Gasteiger partial charge in [0.05, 0.1) is 0 Å². The van der Waals surface area contributed by atoms with E-state index >= 15 is 0 Å². The first-order valence-corrected chi connectivity index (χ1v) is 10.2. The zero-order valence-electron chi connectivity index (χ0n) is 17.6. The average Bonchev–Trinajstić information content (AvgIpc) is 2.62. The lowest BCUT2D eigenvalue weighted by Gasteiger charge is -2.44. The lowest BCUT2D eigenvalue weighted by atomic mass is 9.76. The van der Waals surface area contributed by atoms with Crippen LogP contribution in [0, 0.1) is 5.41 Å². The van der Waals surface area contributed by atoms with E-state index < -0.39 is 0 Å². The molecule has 1 aromatic rings. The Morgan fingerprint density at radius 2 is 1.81 bits per heavy atom. The van der Waals surface area contributed by atoms with E-state index in [1.165, 1.54) is 23.1 Å². The summed E-state index contributed by atoms with van der Waals surface area (Å²) in [7, 11) is 0. The number of rotatable bonds is 3. The van der Waals surface area contributed by atoms with Crippen LogP contribution in [0.1, 0.15) is 65.0 Å². The van der Waals surface area contributed by atoms with Crippen LogP contribution in [0.2, 0.25) is 0 Å². The van der Waals surface area contributed by atoms with Crippen LogP contribution in [0.25, 0.3) is 5.57 Å². The normalized spacial score (nSPS) is 21.1. The molecule has 148 valence electrons. The van der Waals surface area contributed by atoms with Gasteiger partial charge in [0, 0.05) is 49.9 Å². The first-order valence-electron chi connectivity index (χ1n) is 10.2. The number of amides is 1. The van der Waals surface area contributed by atoms with Gasteiger partial charge in [-0.15, -0.1) is 0 Å². The van der Waals surface area contributed by atoms with Crippen molar-refractivity contribution in [3.63, 3.8) is 0 Å². The molecule has 2 aliphatic rings. The Hall–Kier alpha value is -1.81. The average molecular weight is 370 g/mol. The maximum atomic E-state index is 11.6. The number of benzene rings is 1. The van der Waals surface area contributed by atoms with E-state index in [0.717, 1.165) is 44.7 Å². The molecule has 0 atom stereocenters. The van der Waals surface area contributed by atoms with Crippen molar-refractivity contribution in [1.82, 2.24) is 9.80 Å². The lowest BCUT2D eigenvalue weighted by molar-refractivity contribution is -0.131. The third-order valence-corrected chi connectivity index (χ3v) is 6.59. The summed E-state index contributed by atoms with van der Waals surface area (Å²) in [5.74, 6) is 0.175. The monoisotopic (exact) mass is 369 g/mol. The number of carbonyl (C=O) groups excluding carboxylic acids is 1. The predicted octanol–water partition coefficient (Wildman–Crippen LogP) is 4.26. The number of nitrogen functional groups attached to an aromatic ring is 1. The molecule has 1 saturated heterocycles. The molecule has 4 heteroatoms. The molecule has 1 fully saturated rings. The second-order valence-electron chi connectivity index (χ2n) is 9.45. The third kappa shape index (κ3) is 4.21. The molecule has 0 bridgehead atoms. The minimum atomic E-state index is -0.0835. The van der Waals surface area contributed by atoms with Gasteiger partial charge in [0.2, 0.25) is 5.91 Å². The van der Waals surface area contributed by atoms with Gasteiger partial charge in [-0.1, -0.05) is 26.0 Å². The van der Waals surface area contributed by atoms with Gasteiger partial charge in [-0.3, -0.25) is 9.69 Å². The standard InChI is InChI=1S/C23H35N3O/c1-17(27)25-12-14-26(15-13-25)23(4,5)19-6-7-21(24)20(16-19)18-8-10-22(2,3)11-9-18/h6-8,16H,9-15,24H2,1-5H3. The highest BCUT2D eigenvalue weighted by atomic mass is 16.2. The molecule has 1 amide bonds. The van der Waals surface area contributed by atoms with E-state index in [1.54, 1.807) is 6.92 Å². The first-order chi connectivity index (χ1) is 12.6. The maximum absolute atomic E-state index is 11.6. The summed E-state index contributed by atoms with van der Waals surface area (Å²) in [6, 6.07) is 6.54. The Labute approximate surface area is 164 Å². The zero-order valence-corrected chi connectivity index (χ0v) is 17.6. The molecule has 2 N–H and O–H groups in total. The molecule has 0 unspecified atom stereocenters. The Morgan fingerprint density at radius 1 is 1.15 bits per heavy atom. The van der Waals surface area contributed by atoms with Crippen molar-refractivity contribution >= 4 is 17.2 Å². The van der Waals surface area contributed by atoms with Crippen molar-refractivity contribution in [2.45, 2.75) is 59.4 Å². The first kappa shape index (κ1) is 19.9. The van der Waals surface area contributed by atoms with Gasteiger partial charge in [0.25, 0.3) is 0 Å². The fraction of sp³-hybridized carbons (Fsp3) is 0.609. The molecule has 0 saturated carbocycles. The fourth-order valence-electron chi connectivity index (χ4n) is 4.30. The molecule has 0 radical (unpaired) electrons. The van der Waals surface area contributed by atoms with Crippen LogP contribution < -0.4 is 5.73 Å². The summed E-state index contributed by atoms with van der Waals surface area (Å²) in [4.78, 5) is 16.0. The summed E-state index contributed by atoms with van der Waals surface area (Å²) < 4.78 is 0. The van der Waals surface area contributed by atoms with E-state index in [2.05, 4.69) is 56.9 Å². The summed E-state index contributed by atoms with van der Waals surface area (Å²) in [6.45, 7) is 14.3. The Bertz CT molecular complexity index is 740. The SMILES string of the molecule is CC(=O)N1CCN(C(C)(C)c2ccc(N)c(C3=CCC(C)(C)CC3)c2)CC1. The summed E-state index contributed by atoms with van der Waals surface area (Å²) in [6.07, 6.45) is 5.80.